The lowest BCUT2D eigenvalue weighted by Crippen LogP contribution is -1.89. The highest BCUT2D eigenvalue weighted by molar-refractivity contribution is 5.89. The van der Waals surface area contributed by atoms with Crippen LogP contribution in [0.4, 0.5) is 0 Å². The number of benzene rings is 1. The molecular formula is C17H13N5. The zero-order chi connectivity index (χ0) is 14.9. The molecule has 0 unspecified atom stereocenters. The number of hydrogen-bond donors (Lipinski definition) is 1. The van der Waals surface area contributed by atoms with Gasteiger partial charge in [-0.25, -0.2) is 9.97 Å². The maximum absolute atomic E-state index is 4.73. The molecule has 3 heterocycles. The standard InChI is InChI=1S/C17H13N5/c1-11-5-2-3-7-13(11)15-16-17(22-21-15)19-10-14(20-16)12-6-4-8-18-9-12/h2-10H,1H3,(H,19,21,22). The summed E-state index contributed by atoms with van der Waals surface area (Å²) in [7, 11) is 0. The molecule has 0 saturated carbocycles. The molecule has 0 bridgehead atoms. The number of nitrogens with one attached hydrogen (secondary N) is 1. The van der Waals surface area contributed by atoms with Crippen molar-refractivity contribution in [2.24, 2.45) is 0 Å². The van der Waals surface area contributed by atoms with Crippen LogP contribution in [0.25, 0.3) is 33.7 Å². The van der Waals surface area contributed by atoms with Gasteiger partial charge < -0.3 is 0 Å². The lowest BCUT2D eigenvalue weighted by atomic mass is 10.1. The molecule has 0 radical (unpaired) electrons. The molecule has 22 heavy (non-hydrogen) atoms. The van der Waals surface area contributed by atoms with Crippen molar-refractivity contribution >= 4 is 11.2 Å². The summed E-state index contributed by atoms with van der Waals surface area (Å²) >= 11 is 0. The van der Waals surface area contributed by atoms with Gasteiger partial charge in [-0.15, -0.1) is 0 Å². The Morgan fingerprint density at radius 1 is 1.00 bits per heavy atom. The van der Waals surface area contributed by atoms with E-state index in [1.54, 1.807) is 18.6 Å². The van der Waals surface area contributed by atoms with E-state index in [1.165, 1.54) is 5.56 Å². The number of pyridine rings is 1. The van der Waals surface area contributed by atoms with Gasteiger partial charge in [0.05, 0.1) is 17.6 Å². The fourth-order valence-electron chi connectivity index (χ4n) is 2.49. The van der Waals surface area contributed by atoms with Crippen LogP contribution in [0, 0.1) is 6.92 Å². The zero-order valence-electron chi connectivity index (χ0n) is 12.0. The molecule has 4 aromatic rings. The predicted molar refractivity (Wildman–Crippen MR) is 85.1 cm³/mol. The van der Waals surface area contributed by atoms with Crippen LogP contribution < -0.4 is 0 Å². The SMILES string of the molecule is Cc1ccccc1-c1[nH]nc2ncc(-c3cccnc3)nc12. The van der Waals surface area contributed by atoms with Gasteiger partial charge in [0.25, 0.3) is 0 Å². The van der Waals surface area contributed by atoms with Crippen LogP contribution in [0.1, 0.15) is 5.56 Å². The number of H-pyrrole nitrogens is 1. The third-order valence-electron chi connectivity index (χ3n) is 3.64. The van der Waals surface area contributed by atoms with Gasteiger partial charge in [-0.05, 0) is 24.6 Å². The topological polar surface area (TPSA) is 67.3 Å². The van der Waals surface area contributed by atoms with Crippen LogP contribution in [0.3, 0.4) is 0 Å². The second kappa shape index (κ2) is 5.04. The molecule has 0 saturated heterocycles. The van der Waals surface area contributed by atoms with Crippen LogP contribution in [0.5, 0.6) is 0 Å². The van der Waals surface area contributed by atoms with Crippen molar-refractivity contribution < 1.29 is 0 Å². The summed E-state index contributed by atoms with van der Waals surface area (Å²) in [5.74, 6) is 0. The van der Waals surface area contributed by atoms with E-state index in [2.05, 4.69) is 39.2 Å². The van der Waals surface area contributed by atoms with Crippen molar-refractivity contribution in [3.05, 3.63) is 60.6 Å². The largest absolute Gasteiger partial charge is 0.273 e. The zero-order valence-corrected chi connectivity index (χ0v) is 12.0. The first-order valence-corrected chi connectivity index (χ1v) is 7.00. The van der Waals surface area contributed by atoms with Crippen LogP contribution in [-0.4, -0.2) is 25.1 Å². The molecule has 0 aliphatic rings. The Morgan fingerprint density at radius 3 is 2.73 bits per heavy atom. The fourth-order valence-corrected chi connectivity index (χ4v) is 2.49. The Balaban J connectivity index is 1.93. The van der Waals surface area contributed by atoms with Crippen molar-refractivity contribution in [3.63, 3.8) is 0 Å². The van der Waals surface area contributed by atoms with Gasteiger partial charge in [0.1, 0.15) is 5.52 Å². The molecule has 0 spiro atoms. The Kier molecular flexibility index (Phi) is 2.89. The first kappa shape index (κ1) is 12.6. The maximum Gasteiger partial charge on any atom is 0.200 e. The minimum absolute atomic E-state index is 0.617. The van der Waals surface area contributed by atoms with Gasteiger partial charge in [-0.1, -0.05) is 24.3 Å². The van der Waals surface area contributed by atoms with E-state index in [9.17, 15) is 0 Å². The van der Waals surface area contributed by atoms with Gasteiger partial charge in [0.2, 0.25) is 0 Å². The summed E-state index contributed by atoms with van der Waals surface area (Å²) in [6, 6.07) is 12.0. The van der Waals surface area contributed by atoms with E-state index in [0.717, 1.165) is 28.0 Å². The number of hydrogen-bond acceptors (Lipinski definition) is 4. The number of aromatic nitrogens is 5. The second-order valence-electron chi connectivity index (χ2n) is 5.08. The summed E-state index contributed by atoms with van der Waals surface area (Å²) in [5, 5.41) is 7.32. The monoisotopic (exact) mass is 287 g/mol. The van der Waals surface area contributed by atoms with E-state index in [-0.39, 0.29) is 0 Å². The van der Waals surface area contributed by atoms with E-state index in [4.69, 9.17) is 4.98 Å². The van der Waals surface area contributed by atoms with Crippen molar-refractivity contribution in [1.29, 1.82) is 0 Å². The highest BCUT2D eigenvalue weighted by Gasteiger charge is 2.13. The normalized spacial score (nSPS) is 11.0. The Bertz CT molecular complexity index is 944. The molecule has 1 aromatic carbocycles. The van der Waals surface area contributed by atoms with Crippen molar-refractivity contribution in [2.45, 2.75) is 6.92 Å². The Hall–Kier alpha value is -3.08. The van der Waals surface area contributed by atoms with Gasteiger partial charge in [0.15, 0.2) is 5.65 Å². The highest BCUT2D eigenvalue weighted by Crippen LogP contribution is 2.28. The third-order valence-corrected chi connectivity index (χ3v) is 3.64. The molecule has 5 heteroatoms. The van der Waals surface area contributed by atoms with Gasteiger partial charge in [0, 0.05) is 23.5 Å². The van der Waals surface area contributed by atoms with Gasteiger partial charge in [-0.3, -0.25) is 10.1 Å². The van der Waals surface area contributed by atoms with Crippen molar-refractivity contribution in [1.82, 2.24) is 25.1 Å². The van der Waals surface area contributed by atoms with Gasteiger partial charge in [-0.2, -0.15) is 5.10 Å². The Labute approximate surface area is 127 Å². The van der Waals surface area contributed by atoms with E-state index < -0.39 is 0 Å². The van der Waals surface area contributed by atoms with E-state index in [1.807, 2.05) is 24.3 Å². The molecule has 106 valence electrons. The second-order valence-corrected chi connectivity index (χ2v) is 5.08. The Morgan fingerprint density at radius 2 is 1.91 bits per heavy atom. The predicted octanol–water partition coefficient (Wildman–Crippen LogP) is 3.39. The number of fused-ring (bicyclic) bond motifs is 1. The summed E-state index contributed by atoms with van der Waals surface area (Å²) in [6.45, 7) is 2.07. The molecule has 3 aromatic heterocycles. The quantitative estimate of drug-likeness (QED) is 0.613. The molecule has 1 N–H and O–H groups in total. The third kappa shape index (κ3) is 2.03. The summed E-state index contributed by atoms with van der Waals surface area (Å²) in [6.07, 6.45) is 5.25. The molecule has 0 aliphatic heterocycles. The molecule has 4 rings (SSSR count). The summed E-state index contributed by atoms with van der Waals surface area (Å²) in [5.41, 5.74) is 6.27. The average Bonchev–Trinajstić information content (AvgIpc) is 2.99. The minimum Gasteiger partial charge on any atom is -0.273 e. The molecule has 0 fully saturated rings. The highest BCUT2D eigenvalue weighted by atomic mass is 15.2. The lowest BCUT2D eigenvalue weighted by Gasteiger charge is -2.04. The number of aromatic amines is 1. The van der Waals surface area contributed by atoms with E-state index >= 15 is 0 Å². The average molecular weight is 287 g/mol. The molecule has 0 atom stereocenters. The van der Waals surface area contributed by atoms with Crippen LogP contribution in [0.15, 0.2) is 55.0 Å². The molecule has 0 amide bonds. The summed E-state index contributed by atoms with van der Waals surface area (Å²) < 4.78 is 0. The summed E-state index contributed by atoms with van der Waals surface area (Å²) in [4.78, 5) is 13.3. The number of aryl methyl sites for hydroxylation is 1. The number of rotatable bonds is 2. The molecule has 0 aliphatic carbocycles. The van der Waals surface area contributed by atoms with E-state index in [0.29, 0.717) is 5.65 Å². The maximum atomic E-state index is 4.73. The van der Waals surface area contributed by atoms with Gasteiger partial charge >= 0.3 is 0 Å². The molecular weight excluding hydrogens is 274 g/mol. The first-order valence-electron chi connectivity index (χ1n) is 7.00. The lowest BCUT2D eigenvalue weighted by molar-refractivity contribution is 1.10. The first-order chi connectivity index (χ1) is 10.8. The minimum atomic E-state index is 0.617. The molecule has 5 nitrogen and oxygen atoms in total. The van der Waals surface area contributed by atoms with Crippen LogP contribution in [-0.2, 0) is 0 Å². The smallest absolute Gasteiger partial charge is 0.200 e. The van der Waals surface area contributed by atoms with Crippen molar-refractivity contribution in [3.8, 4) is 22.5 Å². The fraction of sp³-hybridized carbons (Fsp3) is 0.0588. The van der Waals surface area contributed by atoms with Crippen LogP contribution in [0.2, 0.25) is 0 Å². The van der Waals surface area contributed by atoms with Crippen LogP contribution >= 0.6 is 0 Å². The van der Waals surface area contributed by atoms with Crippen molar-refractivity contribution in [2.75, 3.05) is 0 Å². The number of nitrogens with zero attached hydrogens (tertiary/aromatic N) is 4.